The van der Waals surface area contributed by atoms with Crippen molar-refractivity contribution in [3.63, 3.8) is 0 Å². The molecule has 0 amide bonds. The van der Waals surface area contributed by atoms with E-state index >= 15 is 0 Å². The quantitative estimate of drug-likeness (QED) is 0.694. The predicted octanol–water partition coefficient (Wildman–Crippen LogP) is 3.02. The van der Waals surface area contributed by atoms with Crippen molar-refractivity contribution in [3.8, 4) is 0 Å². The summed E-state index contributed by atoms with van der Waals surface area (Å²) >= 11 is 5.96. The highest BCUT2D eigenvalue weighted by Crippen LogP contribution is 2.24. The van der Waals surface area contributed by atoms with Crippen molar-refractivity contribution < 1.29 is 4.79 Å². The zero-order valence-electron chi connectivity index (χ0n) is 7.10. The van der Waals surface area contributed by atoms with Crippen LogP contribution in [0.1, 0.15) is 17.3 Å². The molecule has 1 heterocycles. The molecule has 13 heavy (non-hydrogen) atoms. The van der Waals surface area contributed by atoms with Crippen molar-refractivity contribution in [2.45, 2.75) is 6.92 Å². The molecule has 1 N–H and O–H groups in total. The SMILES string of the molecule is CC(=O)c1cc(Cl)c2[nH]ccc2c1. The number of Topliss-reactive ketones (excluding diaryl/α,β-unsaturated/α-hetero) is 1. The van der Waals surface area contributed by atoms with E-state index in [9.17, 15) is 4.79 Å². The lowest BCUT2D eigenvalue weighted by Gasteiger charge is -1.98. The Balaban J connectivity index is 2.77. The number of halogens is 1. The van der Waals surface area contributed by atoms with E-state index in [4.69, 9.17) is 11.6 Å². The van der Waals surface area contributed by atoms with E-state index in [1.165, 1.54) is 6.92 Å². The molecule has 3 heteroatoms. The van der Waals surface area contributed by atoms with Crippen LogP contribution in [0.3, 0.4) is 0 Å². The van der Waals surface area contributed by atoms with Gasteiger partial charge in [-0.25, -0.2) is 0 Å². The first-order valence-electron chi connectivity index (χ1n) is 3.96. The van der Waals surface area contributed by atoms with Gasteiger partial charge in [-0.3, -0.25) is 4.79 Å². The van der Waals surface area contributed by atoms with Crippen LogP contribution in [0.15, 0.2) is 24.4 Å². The topological polar surface area (TPSA) is 32.9 Å². The highest BCUT2D eigenvalue weighted by molar-refractivity contribution is 6.35. The highest BCUT2D eigenvalue weighted by Gasteiger charge is 2.05. The van der Waals surface area contributed by atoms with Gasteiger partial charge in [0.25, 0.3) is 0 Å². The van der Waals surface area contributed by atoms with E-state index in [0.29, 0.717) is 10.6 Å². The summed E-state index contributed by atoms with van der Waals surface area (Å²) in [6, 6.07) is 5.41. The molecule has 0 atom stereocenters. The molecule has 0 aliphatic heterocycles. The fourth-order valence-electron chi connectivity index (χ4n) is 1.33. The van der Waals surface area contributed by atoms with Gasteiger partial charge in [0.15, 0.2) is 5.78 Å². The summed E-state index contributed by atoms with van der Waals surface area (Å²) in [5, 5.41) is 1.56. The molecule has 0 bridgehead atoms. The van der Waals surface area contributed by atoms with Crippen LogP contribution in [0.25, 0.3) is 10.9 Å². The molecule has 2 rings (SSSR count). The zero-order valence-corrected chi connectivity index (χ0v) is 7.85. The monoisotopic (exact) mass is 193 g/mol. The molecule has 0 unspecified atom stereocenters. The van der Waals surface area contributed by atoms with Gasteiger partial charge in [0, 0.05) is 17.1 Å². The van der Waals surface area contributed by atoms with Crippen LogP contribution in [0, 0.1) is 0 Å². The van der Waals surface area contributed by atoms with Gasteiger partial charge < -0.3 is 4.98 Å². The summed E-state index contributed by atoms with van der Waals surface area (Å²) in [7, 11) is 0. The molecule has 66 valence electrons. The summed E-state index contributed by atoms with van der Waals surface area (Å²) in [5.74, 6) is 0.0324. The van der Waals surface area contributed by atoms with Crippen LogP contribution in [-0.2, 0) is 0 Å². The van der Waals surface area contributed by atoms with Gasteiger partial charge in [0.1, 0.15) is 0 Å². The molecular formula is C10H8ClNO. The number of ketones is 1. The molecule has 2 aromatic rings. The lowest BCUT2D eigenvalue weighted by Crippen LogP contribution is -1.91. The molecule has 0 fully saturated rings. The lowest BCUT2D eigenvalue weighted by atomic mass is 10.1. The van der Waals surface area contributed by atoms with Gasteiger partial charge >= 0.3 is 0 Å². The van der Waals surface area contributed by atoms with Gasteiger partial charge in [0.05, 0.1) is 10.5 Å². The van der Waals surface area contributed by atoms with Gasteiger partial charge in [0.2, 0.25) is 0 Å². The number of benzene rings is 1. The van der Waals surface area contributed by atoms with Gasteiger partial charge in [-0.15, -0.1) is 0 Å². The first-order chi connectivity index (χ1) is 6.18. The summed E-state index contributed by atoms with van der Waals surface area (Å²) in [6.07, 6.45) is 1.81. The number of aromatic amines is 1. The number of rotatable bonds is 1. The predicted molar refractivity (Wildman–Crippen MR) is 53.3 cm³/mol. The molecule has 0 spiro atoms. The number of aromatic nitrogens is 1. The minimum absolute atomic E-state index is 0.0324. The van der Waals surface area contributed by atoms with Crippen molar-refractivity contribution >= 4 is 28.3 Å². The summed E-state index contributed by atoms with van der Waals surface area (Å²) in [4.78, 5) is 14.1. The van der Waals surface area contributed by atoms with Crippen LogP contribution >= 0.6 is 11.6 Å². The molecule has 0 saturated carbocycles. The van der Waals surface area contributed by atoms with Gasteiger partial charge in [-0.1, -0.05) is 11.6 Å². The van der Waals surface area contributed by atoms with E-state index in [-0.39, 0.29) is 5.78 Å². The third-order valence-electron chi connectivity index (χ3n) is 2.02. The number of H-pyrrole nitrogens is 1. The average molecular weight is 194 g/mol. The Kier molecular flexibility index (Phi) is 1.85. The van der Waals surface area contributed by atoms with Crippen molar-refractivity contribution in [3.05, 3.63) is 35.0 Å². The molecule has 2 nitrogen and oxygen atoms in total. The largest absolute Gasteiger partial charge is 0.360 e. The molecule has 1 aromatic heterocycles. The smallest absolute Gasteiger partial charge is 0.159 e. The average Bonchev–Trinajstić information content (AvgIpc) is 2.51. The maximum Gasteiger partial charge on any atom is 0.159 e. The number of carbonyl (C=O) groups is 1. The second-order valence-electron chi connectivity index (χ2n) is 2.96. The summed E-state index contributed by atoms with van der Waals surface area (Å²) < 4.78 is 0. The molecule has 1 aromatic carbocycles. The maximum absolute atomic E-state index is 11.1. The van der Waals surface area contributed by atoms with Crippen molar-refractivity contribution in [1.29, 1.82) is 0 Å². The molecule has 0 radical (unpaired) electrons. The third-order valence-corrected chi connectivity index (χ3v) is 2.32. The molecule has 0 saturated heterocycles. The molecule has 0 aliphatic carbocycles. The Morgan fingerprint density at radius 2 is 2.23 bits per heavy atom. The number of nitrogens with one attached hydrogen (secondary N) is 1. The van der Waals surface area contributed by atoms with E-state index in [1.807, 2.05) is 12.1 Å². The minimum Gasteiger partial charge on any atom is -0.360 e. The summed E-state index contributed by atoms with van der Waals surface area (Å²) in [5.41, 5.74) is 1.53. The number of hydrogen-bond acceptors (Lipinski definition) is 1. The van der Waals surface area contributed by atoms with E-state index in [1.54, 1.807) is 12.3 Å². The van der Waals surface area contributed by atoms with Crippen molar-refractivity contribution in [2.75, 3.05) is 0 Å². The van der Waals surface area contributed by atoms with Crippen LogP contribution in [0.4, 0.5) is 0 Å². The standard InChI is InChI=1S/C10H8ClNO/c1-6(13)8-4-7-2-3-12-10(7)9(11)5-8/h2-5,12H,1H3. The fraction of sp³-hybridized carbons (Fsp3) is 0.100. The Morgan fingerprint density at radius 1 is 1.46 bits per heavy atom. The van der Waals surface area contributed by atoms with Gasteiger partial charge in [-0.2, -0.15) is 0 Å². The minimum atomic E-state index is 0.0324. The summed E-state index contributed by atoms with van der Waals surface area (Å²) in [6.45, 7) is 1.53. The molecule has 0 aliphatic rings. The van der Waals surface area contributed by atoms with Crippen molar-refractivity contribution in [1.82, 2.24) is 4.98 Å². The van der Waals surface area contributed by atoms with E-state index in [0.717, 1.165) is 10.9 Å². The lowest BCUT2D eigenvalue weighted by molar-refractivity contribution is 0.101. The number of carbonyl (C=O) groups excluding carboxylic acids is 1. The Morgan fingerprint density at radius 3 is 2.92 bits per heavy atom. The van der Waals surface area contributed by atoms with E-state index < -0.39 is 0 Å². The highest BCUT2D eigenvalue weighted by atomic mass is 35.5. The van der Waals surface area contributed by atoms with Crippen molar-refractivity contribution in [2.24, 2.45) is 0 Å². The number of fused-ring (bicyclic) bond motifs is 1. The normalized spacial score (nSPS) is 10.6. The Bertz CT molecular complexity index is 473. The number of hydrogen-bond donors (Lipinski definition) is 1. The Hall–Kier alpha value is -1.28. The first-order valence-corrected chi connectivity index (χ1v) is 4.34. The molecular weight excluding hydrogens is 186 g/mol. The zero-order chi connectivity index (χ0) is 9.42. The maximum atomic E-state index is 11.1. The van der Waals surface area contributed by atoms with Gasteiger partial charge in [-0.05, 0) is 25.1 Å². The van der Waals surface area contributed by atoms with Crippen LogP contribution in [0.5, 0.6) is 0 Å². The first kappa shape index (κ1) is 8.32. The van der Waals surface area contributed by atoms with Crippen LogP contribution in [0.2, 0.25) is 5.02 Å². The second-order valence-corrected chi connectivity index (χ2v) is 3.36. The Labute approximate surface area is 80.5 Å². The van der Waals surface area contributed by atoms with Crippen LogP contribution in [-0.4, -0.2) is 10.8 Å². The third kappa shape index (κ3) is 1.33. The van der Waals surface area contributed by atoms with Crippen LogP contribution < -0.4 is 0 Å². The second kappa shape index (κ2) is 2.89. The van der Waals surface area contributed by atoms with E-state index in [2.05, 4.69) is 4.98 Å². The fourth-order valence-corrected chi connectivity index (χ4v) is 1.61.